The minimum atomic E-state index is -0.0930. The Morgan fingerprint density at radius 2 is 2.57 bits per heavy atom. The molecule has 1 fully saturated rings. The molecule has 1 aromatic heterocycles. The summed E-state index contributed by atoms with van der Waals surface area (Å²) in [6.45, 7) is 3.24. The molecule has 78 valence electrons. The standard InChI is InChI=1S/C10H16N2OS/c1-8-6-14-9(12-8)5-10(7-13)3-2-4-11-10/h6,11,13H,2-5,7H2,1H3. The molecule has 4 heteroatoms. The lowest BCUT2D eigenvalue weighted by Gasteiger charge is -2.25. The second kappa shape index (κ2) is 3.96. The fourth-order valence-corrected chi connectivity index (χ4v) is 2.90. The fraction of sp³-hybridized carbons (Fsp3) is 0.700. The van der Waals surface area contributed by atoms with Crippen LogP contribution in [0, 0.1) is 6.92 Å². The smallest absolute Gasteiger partial charge is 0.0947 e. The topological polar surface area (TPSA) is 45.1 Å². The molecular formula is C10H16N2OS. The van der Waals surface area contributed by atoms with Gasteiger partial charge in [0, 0.05) is 23.0 Å². The Morgan fingerprint density at radius 1 is 1.71 bits per heavy atom. The van der Waals surface area contributed by atoms with Gasteiger partial charge in [-0.2, -0.15) is 0 Å². The minimum absolute atomic E-state index is 0.0930. The van der Waals surface area contributed by atoms with Crippen molar-refractivity contribution in [3.63, 3.8) is 0 Å². The van der Waals surface area contributed by atoms with Gasteiger partial charge in [-0.3, -0.25) is 0 Å². The Bertz CT molecular complexity index is 305. The number of aryl methyl sites for hydroxylation is 1. The second-order valence-electron chi connectivity index (χ2n) is 4.03. The number of hydrogen-bond donors (Lipinski definition) is 2. The van der Waals surface area contributed by atoms with E-state index in [0.29, 0.717) is 0 Å². The van der Waals surface area contributed by atoms with E-state index in [1.165, 1.54) is 0 Å². The first-order valence-corrected chi connectivity index (χ1v) is 5.89. The summed E-state index contributed by atoms with van der Waals surface area (Å²) in [5, 5.41) is 16.0. The Hall–Kier alpha value is -0.450. The Kier molecular flexibility index (Phi) is 2.85. The third-order valence-corrected chi connectivity index (χ3v) is 3.76. The van der Waals surface area contributed by atoms with Crippen molar-refractivity contribution in [2.24, 2.45) is 0 Å². The summed E-state index contributed by atoms with van der Waals surface area (Å²) >= 11 is 1.69. The minimum Gasteiger partial charge on any atom is -0.394 e. The summed E-state index contributed by atoms with van der Waals surface area (Å²) in [6.07, 6.45) is 3.08. The molecule has 1 aromatic rings. The Balaban J connectivity index is 2.08. The van der Waals surface area contributed by atoms with Crippen LogP contribution in [0.15, 0.2) is 5.38 Å². The van der Waals surface area contributed by atoms with Crippen LogP contribution in [0.4, 0.5) is 0 Å². The molecule has 2 heterocycles. The molecule has 0 spiro atoms. The Labute approximate surface area is 88.2 Å². The molecule has 0 radical (unpaired) electrons. The summed E-state index contributed by atoms with van der Waals surface area (Å²) in [4.78, 5) is 4.43. The third-order valence-electron chi connectivity index (χ3n) is 2.79. The van der Waals surface area contributed by atoms with Gasteiger partial charge in [0.2, 0.25) is 0 Å². The molecule has 14 heavy (non-hydrogen) atoms. The number of aliphatic hydroxyl groups excluding tert-OH is 1. The van der Waals surface area contributed by atoms with Crippen LogP contribution < -0.4 is 5.32 Å². The molecule has 2 N–H and O–H groups in total. The molecule has 0 saturated carbocycles. The first kappa shape index (κ1) is 10.1. The average Bonchev–Trinajstić information content (AvgIpc) is 2.77. The van der Waals surface area contributed by atoms with Crippen LogP contribution in [0.25, 0.3) is 0 Å². The van der Waals surface area contributed by atoms with Gasteiger partial charge in [0.1, 0.15) is 0 Å². The summed E-state index contributed by atoms with van der Waals surface area (Å²) < 4.78 is 0. The van der Waals surface area contributed by atoms with Gasteiger partial charge >= 0.3 is 0 Å². The quantitative estimate of drug-likeness (QED) is 0.789. The van der Waals surface area contributed by atoms with Gasteiger partial charge in [0.05, 0.1) is 11.6 Å². The van der Waals surface area contributed by atoms with E-state index in [9.17, 15) is 5.11 Å². The molecule has 1 atom stereocenters. The van der Waals surface area contributed by atoms with E-state index in [0.717, 1.165) is 36.5 Å². The van der Waals surface area contributed by atoms with Crippen LogP contribution in [0.3, 0.4) is 0 Å². The normalized spacial score (nSPS) is 27.0. The van der Waals surface area contributed by atoms with Gasteiger partial charge in [0.15, 0.2) is 0 Å². The van der Waals surface area contributed by atoms with Crippen LogP contribution in [-0.2, 0) is 6.42 Å². The van der Waals surface area contributed by atoms with Gasteiger partial charge in [-0.25, -0.2) is 4.98 Å². The molecule has 1 aliphatic heterocycles. The van der Waals surface area contributed by atoms with E-state index in [2.05, 4.69) is 15.7 Å². The van der Waals surface area contributed by atoms with Crippen molar-refractivity contribution in [1.29, 1.82) is 0 Å². The highest BCUT2D eigenvalue weighted by Gasteiger charge is 2.33. The van der Waals surface area contributed by atoms with Crippen molar-refractivity contribution in [3.8, 4) is 0 Å². The maximum atomic E-state index is 9.40. The number of rotatable bonds is 3. The van der Waals surface area contributed by atoms with Crippen molar-refractivity contribution in [1.82, 2.24) is 10.3 Å². The maximum Gasteiger partial charge on any atom is 0.0947 e. The summed E-state index contributed by atoms with van der Waals surface area (Å²) in [5.41, 5.74) is 0.987. The van der Waals surface area contributed by atoms with E-state index in [1.54, 1.807) is 11.3 Å². The average molecular weight is 212 g/mol. The van der Waals surface area contributed by atoms with Crippen molar-refractivity contribution >= 4 is 11.3 Å². The first-order chi connectivity index (χ1) is 6.74. The fourth-order valence-electron chi connectivity index (χ4n) is 1.98. The highest BCUT2D eigenvalue weighted by Crippen LogP contribution is 2.25. The molecule has 1 unspecified atom stereocenters. The second-order valence-corrected chi connectivity index (χ2v) is 4.97. The lowest BCUT2D eigenvalue weighted by atomic mass is 9.95. The molecule has 1 aliphatic rings. The maximum absolute atomic E-state index is 9.40. The zero-order valence-corrected chi connectivity index (χ0v) is 9.23. The zero-order chi connectivity index (χ0) is 10.0. The predicted molar refractivity (Wildman–Crippen MR) is 57.6 cm³/mol. The van der Waals surface area contributed by atoms with E-state index in [-0.39, 0.29) is 12.1 Å². The lowest BCUT2D eigenvalue weighted by Crippen LogP contribution is -2.45. The van der Waals surface area contributed by atoms with Crippen LogP contribution in [0.5, 0.6) is 0 Å². The third kappa shape index (κ3) is 1.97. The number of nitrogens with zero attached hydrogens (tertiary/aromatic N) is 1. The molecule has 3 nitrogen and oxygen atoms in total. The summed E-state index contributed by atoms with van der Waals surface area (Å²) in [5.74, 6) is 0. The zero-order valence-electron chi connectivity index (χ0n) is 8.42. The van der Waals surface area contributed by atoms with Crippen molar-refractivity contribution in [3.05, 3.63) is 16.1 Å². The van der Waals surface area contributed by atoms with Gasteiger partial charge in [-0.1, -0.05) is 0 Å². The van der Waals surface area contributed by atoms with E-state index in [4.69, 9.17) is 0 Å². The number of aliphatic hydroxyl groups is 1. The molecule has 0 bridgehead atoms. The highest BCUT2D eigenvalue weighted by atomic mass is 32.1. The van der Waals surface area contributed by atoms with Gasteiger partial charge in [-0.15, -0.1) is 11.3 Å². The number of nitrogens with one attached hydrogen (secondary N) is 1. The number of aromatic nitrogens is 1. The van der Waals surface area contributed by atoms with E-state index >= 15 is 0 Å². The van der Waals surface area contributed by atoms with Crippen LogP contribution in [-0.4, -0.2) is 28.8 Å². The lowest BCUT2D eigenvalue weighted by molar-refractivity contribution is 0.177. The van der Waals surface area contributed by atoms with Gasteiger partial charge in [0.25, 0.3) is 0 Å². The summed E-state index contributed by atoms with van der Waals surface area (Å²) in [7, 11) is 0. The molecule has 0 aromatic carbocycles. The molecule has 2 rings (SSSR count). The van der Waals surface area contributed by atoms with Crippen molar-refractivity contribution in [2.45, 2.75) is 31.7 Å². The first-order valence-electron chi connectivity index (χ1n) is 5.01. The predicted octanol–water partition coefficient (Wildman–Crippen LogP) is 1.11. The van der Waals surface area contributed by atoms with Gasteiger partial charge < -0.3 is 10.4 Å². The molecule has 0 amide bonds. The van der Waals surface area contributed by atoms with Crippen LogP contribution >= 0.6 is 11.3 Å². The van der Waals surface area contributed by atoms with Crippen molar-refractivity contribution < 1.29 is 5.11 Å². The monoisotopic (exact) mass is 212 g/mol. The largest absolute Gasteiger partial charge is 0.394 e. The van der Waals surface area contributed by atoms with Crippen LogP contribution in [0.1, 0.15) is 23.5 Å². The van der Waals surface area contributed by atoms with E-state index < -0.39 is 0 Å². The Morgan fingerprint density at radius 3 is 3.07 bits per heavy atom. The molecule has 0 aliphatic carbocycles. The highest BCUT2D eigenvalue weighted by molar-refractivity contribution is 7.09. The SMILES string of the molecule is Cc1csc(CC2(CO)CCCN2)n1. The van der Waals surface area contributed by atoms with Crippen molar-refractivity contribution in [2.75, 3.05) is 13.2 Å². The molecular weight excluding hydrogens is 196 g/mol. The van der Waals surface area contributed by atoms with Crippen LogP contribution in [0.2, 0.25) is 0 Å². The van der Waals surface area contributed by atoms with Gasteiger partial charge in [-0.05, 0) is 26.3 Å². The van der Waals surface area contributed by atoms with E-state index in [1.807, 2.05) is 6.92 Å². The summed E-state index contributed by atoms with van der Waals surface area (Å²) in [6, 6.07) is 0. The number of thiazole rings is 1. The molecule has 1 saturated heterocycles. The number of hydrogen-bond acceptors (Lipinski definition) is 4.